The molecule has 1 amide bonds. The van der Waals surface area contributed by atoms with Gasteiger partial charge in [0.25, 0.3) is 5.91 Å². The van der Waals surface area contributed by atoms with Crippen LogP contribution in [-0.2, 0) is 0 Å². The Balaban J connectivity index is 2.41. The number of nitrogens with zero attached hydrogens (tertiary/aromatic N) is 2. The van der Waals surface area contributed by atoms with Crippen LogP contribution in [0.5, 0.6) is 0 Å². The van der Waals surface area contributed by atoms with Gasteiger partial charge < -0.3 is 10.4 Å². The maximum atomic E-state index is 12.1. The summed E-state index contributed by atoms with van der Waals surface area (Å²) < 4.78 is 1.74. The topological polar surface area (TPSA) is 67.2 Å². The number of carbonyl (C=O) groups excluding carboxylic acids is 1. The first-order chi connectivity index (χ1) is 10.0. The van der Waals surface area contributed by atoms with Gasteiger partial charge in [0.2, 0.25) is 0 Å². The summed E-state index contributed by atoms with van der Waals surface area (Å²) in [4.78, 5) is 12.1. The number of amides is 1. The monoisotopic (exact) mass is 307 g/mol. The van der Waals surface area contributed by atoms with Gasteiger partial charge >= 0.3 is 0 Å². The highest BCUT2D eigenvalue weighted by molar-refractivity contribution is 6.30. The molecule has 0 spiro atoms. The summed E-state index contributed by atoms with van der Waals surface area (Å²) >= 11 is 5.90. The Kier molecular flexibility index (Phi) is 4.98. The third-order valence-electron chi connectivity index (χ3n) is 3.07. The van der Waals surface area contributed by atoms with Gasteiger partial charge in [-0.3, -0.25) is 4.79 Å². The zero-order valence-electron chi connectivity index (χ0n) is 12.0. The largest absolute Gasteiger partial charge is 0.395 e. The van der Waals surface area contributed by atoms with E-state index in [1.165, 1.54) is 0 Å². The minimum atomic E-state index is -0.229. The maximum Gasteiger partial charge on any atom is 0.254 e. The summed E-state index contributed by atoms with van der Waals surface area (Å²) in [5.74, 6) is -0.106. The Labute approximate surface area is 128 Å². The molecule has 0 saturated heterocycles. The number of benzene rings is 1. The molecule has 0 bridgehead atoms. The number of aromatic nitrogens is 2. The van der Waals surface area contributed by atoms with Gasteiger partial charge in [-0.2, -0.15) is 5.10 Å². The van der Waals surface area contributed by atoms with Gasteiger partial charge in [-0.05, 0) is 30.2 Å². The van der Waals surface area contributed by atoms with Gasteiger partial charge in [0.1, 0.15) is 0 Å². The number of carbonyl (C=O) groups is 1. The van der Waals surface area contributed by atoms with Crippen molar-refractivity contribution in [3.63, 3.8) is 0 Å². The van der Waals surface area contributed by atoms with Crippen molar-refractivity contribution in [3.8, 4) is 5.69 Å². The van der Waals surface area contributed by atoms with Crippen molar-refractivity contribution in [1.82, 2.24) is 15.1 Å². The fraction of sp³-hybridized carbons (Fsp3) is 0.333. The van der Waals surface area contributed by atoms with Crippen LogP contribution in [0, 0.1) is 0 Å². The number of aliphatic hydroxyl groups excluding tert-OH is 1. The molecule has 0 unspecified atom stereocenters. The molecule has 21 heavy (non-hydrogen) atoms. The Morgan fingerprint density at radius 2 is 2.05 bits per heavy atom. The first-order valence-electron chi connectivity index (χ1n) is 6.77. The SMILES string of the molecule is CC(C)c1c(C(=O)NCCO)cnn1-c1ccc(Cl)cc1. The van der Waals surface area contributed by atoms with E-state index in [4.69, 9.17) is 16.7 Å². The van der Waals surface area contributed by atoms with E-state index in [0.29, 0.717) is 10.6 Å². The van der Waals surface area contributed by atoms with Crippen molar-refractivity contribution in [1.29, 1.82) is 0 Å². The minimum absolute atomic E-state index is 0.0892. The van der Waals surface area contributed by atoms with Crippen LogP contribution in [0.3, 0.4) is 0 Å². The third kappa shape index (κ3) is 3.43. The predicted molar refractivity (Wildman–Crippen MR) is 82.1 cm³/mol. The lowest BCUT2D eigenvalue weighted by atomic mass is 10.1. The fourth-order valence-corrected chi connectivity index (χ4v) is 2.27. The van der Waals surface area contributed by atoms with Crippen LogP contribution < -0.4 is 5.32 Å². The van der Waals surface area contributed by atoms with Crippen molar-refractivity contribution < 1.29 is 9.90 Å². The quantitative estimate of drug-likeness (QED) is 0.891. The van der Waals surface area contributed by atoms with Crippen LogP contribution in [0.2, 0.25) is 5.02 Å². The smallest absolute Gasteiger partial charge is 0.254 e. The molecule has 5 nitrogen and oxygen atoms in total. The Bertz CT molecular complexity index is 620. The molecule has 0 aliphatic carbocycles. The number of rotatable bonds is 5. The zero-order chi connectivity index (χ0) is 15.4. The van der Waals surface area contributed by atoms with Crippen LogP contribution >= 0.6 is 11.6 Å². The van der Waals surface area contributed by atoms with Crippen LogP contribution in [0.1, 0.15) is 35.8 Å². The highest BCUT2D eigenvalue weighted by Gasteiger charge is 2.20. The van der Waals surface area contributed by atoms with Gasteiger partial charge in [0, 0.05) is 11.6 Å². The first-order valence-corrected chi connectivity index (χ1v) is 7.15. The second kappa shape index (κ2) is 6.74. The molecule has 0 fully saturated rings. The number of hydrogen-bond acceptors (Lipinski definition) is 3. The molecule has 1 heterocycles. The summed E-state index contributed by atoms with van der Waals surface area (Å²) in [5.41, 5.74) is 2.20. The number of hydrogen-bond donors (Lipinski definition) is 2. The molecule has 2 rings (SSSR count). The van der Waals surface area contributed by atoms with Crippen molar-refractivity contribution in [2.75, 3.05) is 13.2 Å². The molecule has 0 atom stereocenters. The summed E-state index contributed by atoms with van der Waals surface area (Å²) in [5, 5.41) is 16.4. The van der Waals surface area contributed by atoms with Gasteiger partial charge in [0.05, 0.1) is 29.7 Å². The van der Waals surface area contributed by atoms with Crippen LogP contribution in [0.4, 0.5) is 0 Å². The van der Waals surface area contributed by atoms with Crippen molar-refractivity contribution >= 4 is 17.5 Å². The van der Waals surface area contributed by atoms with E-state index in [9.17, 15) is 4.79 Å². The molecule has 0 saturated carbocycles. The summed E-state index contributed by atoms with van der Waals surface area (Å²) in [6.07, 6.45) is 1.55. The summed E-state index contributed by atoms with van der Waals surface area (Å²) in [6, 6.07) is 7.29. The molecule has 2 aromatic rings. The van der Waals surface area contributed by atoms with E-state index < -0.39 is 0 Å². The maximum absolute atomic E-state index is 12.1. The lowest BCUT2D eigenvalue weighted by molar-refractivity contribution is 0.0943. The first kappa shape index (κ1) is 15.5. The average Bonchev–Trinajstić information content (AvgIpc) is 2.90. The Morgan fingerprint density at radius 3 is 2.62 bits per heavy atom. The molecule has 1 aromatic carbocycles. The molecule has 0 aliphatic rings. The normalized spacial score (nSPS) is 10.9. The van der Waals surface area contributed by atoms with E-state index >= 15 is 0 Å². The Hall–Kier alpha value is -1.85. The lowest BCUT2D eigenvalue weighted by Crippen LogP contribution is -2.27. The highest BCUT2D eigenvalue weighted by Crippen LogP contribution is 2.23. The summed E-state index contributed by atoms with van der Waals surface area (Å²) in [6.45, 7) is 4.15. The highest BCUT2D eigenvalue weighted by atomic mass is 35.5. The number of nitrogens with one attached hydrogen (secondary N) is 1. The lowest BCUT2D eigenvalue weighted by Gasteiger charge is -2.13. The molecule has 6 heteroatoms. The number of aliphatic hydroxyl groups is 1. The molecule has 112 valence electrons. The van der Waals surface area contributed by atoms with E-state index in [1.807, 2.05) is 26.0 Å². The van der Waals surface area contributed by atoms with E-state index in [2.05, 4.69) is 10.4 Å². The van der Waals surface area contributed by atoms with Crippen molar-refractivity contribution in [2.45, 2.75) is 19.8 Å². The van der Waals surface area contributed by atoms with Crippen LogP contribution in [0.15, 0.2) is 30.5 Å². The van der Waals surface area contributed by atoms with E-state index in [1.54, 1.807) is 23.0 Å². The van der Waals surface area contributed by atoms with Crippen molar-refractivity contribution in [3.05, 3.63) is 46.7 Å². The second-order valence-corrected chi connectivity index (χ2v) is 5.40. The van der Waals surface area contributed by atoms with E-state index in [-0.39, 0.29) is 25.0 Å². The van der Waals surface area contributed by atoms with Gasteiger partial charge in [-0.15, -0.1) is 0 Å². The second-order valence-electron chi connectivity index (χ2n) is 4.97. The number of halogens is 1. The molecular formula is C15H18ClN3O2. The molecular weight excluding hydrogens is 290 g/mol. The summed E-state index contributed by atoms with van der Waals surface area (Å²) in [7, 11) is 0. The van der Waals surface area contributed by atoms with Crippen molar-refractivity contribution in [2.24, 2.45) is 0 Å². The predicted octanol–water partition coefficient (Wildman–Crippen LogP) is 2.37. The van der Waals surface area contributed by atoms with E-state index in [0.717, 1.165) is 11.4 Å². The zero-order valence-corrected chi connectivity index (χ0v) is 12.8. The third-order valence-corrected chi connectivity index (χ3v) is 3.32. The average molecular weight is 308 g/mol. The molecule has 2 N–H and O–H groups in total. The van der Waals surface area contributed by atoms with Crippen LogP contribution in [-0.4, -0.2) is 33.9 Å². The standard InChI is InChI=1S/C15H18ClN3O2/c1-10(2)14-13(15(21)17-7-8-20)9-18-19(14)12-5-3-11(16)4-6-12/h3-6,9-10,20H,7-8H2,1-2H3,(H,17,21). The van der Waals surface area contributed by atoms with Gasteiger partial charge in [-0.25, -0.2) is 4.68 Å². The van der Waals surface area contributed by atoms with Crippen LogP contribution in [0.25, 0.3) is 5.69 Å². The fourth-order valence-electron chi connectivity index (χ4n) is 2.14. The molecule has 0 radical (unpaired) electrons. The molecule has 0 aliphatic heterocycles. The molecule has 1 aromatic heterocycles. The van der Waals surface area contributed by atoms with Gasteiger partial charge in [0.15, 0.2) is 0 Å². The minimum Gasteiger partial charge on any atom is -0.395 e. The van der Waals surface area contributed by atoms with Gasteiger partial charge in [-0.1, -0.05) is 25.4 Å². The Morgan fingerprint density at radius 1 is 1.38 bits per heavy atom.